The zero-order valence-corrected chi connectivity index (χ0v) is 12.8. The molecule has 0 saturated carbocycles. The SMILES string of the molecule is CC(C)c1cc(-c2nnc(-c3ccc4c(c3)OCCO4)o2)no1. The molecule has 1 aliphatic heterocycles. The lowest BCUT2D eigenvalue weighted by Gasteiger charge is -2.18. The molecule has 0 spiro atoms. The minimum Gasteiger partial charge on any atom is -0.486 e. The predicted molar refractivity (Wildman–Crippen MR) is 80.3 cm³/mol. The Hall–Kier alpha value is -2.83. The van der Waals surface area contributed by atoms with Crippen molar-refractivity contribution in [3.63, 3.8) is 0 Å². The fraction of sp³-hybridized carbons (Fsp3) is 0.312. The average Bonchev–Trinajstić information content (AvgIpc) is 3.23. The molecule has 0 aliphatic carbocycles. The topological polar surface area (TPSA) is 83.4 Å². The molecule has 0 bridgehead atoms. The smallest absolute Gasteiger partial charge is 0.270 e. The molecule has 2 aromatic heterocycles. The summed E-state index contributed by atoms with van der Waals surface area (Å²) in [6.45, 7) is 5.14. The number of hydrogen-bond acceptors (Lipinski definition) is 7. The molecule has 118 valence electrons. The van der Waals surface area contributed by atoms with Crippen LogP contribution in [0.2, 0.25) is 0 Å². The summed E-state index contributed by atoms with van der Waals surface area (Å²) in [4.78, 5) is 0. The van der Waals surface area contributed by atoms with E-state index in [1.165, 1.54) is 0 Å². The standard InChI is InChI=1S/C16H15N3O4/c1-9(2)13-8-11(19-23-13)16-18-17-15(22-16)10-3-4-12-14(7-10)21-6-5-20-12/h3-4,7-9H,5-6H2,1-2H3. The Morgan fingerprint density at radius 3 is 2.52 bits per heavy atom. The number of rotatable bonds is 3. The van der Waals surface area contributed by atoms with Crippen LogP contribution in [0.25, 0.3) is 23.0 Å². The first-order chi connectivity index (χ1) is 11.2. The number of ether oxygens (including phenoxy) is 2. The van der Waals surface area contributed by atoms with Gasteiger partial charge in [-0.05, 0) is 18.2 Å². The van der Waals surface area contributed by atoms with E-state index in [4.69, 9.17) is 18.4 Å². The van der Waals surface area contributed by atoms with E-state index < -0.39 is 0 Å². The molecule has 1 aliphatic rings. The van der Waals surface area contributed by atoms with Crippen LogP contribution in [-0.2, 0) is 0 Å². The average molecular weight is 313 g/mol. The molecule has 7 nitrogen and oxygen atoms in total. The van der Waals surface area contributed by atoms with Gasteiger partial charge in [0.25, 0.3) is 5.89 Å². The van der Waals surface area contributed by atoms with E-state index in [-0.39, 0.29) is 5.92 Å². The summed E-state index contributed by atoms with van der Waals surface area (Å²) in [5.41, 5.74) is 1.30. The molecule has 0 N–H and O–H groups in total. The Labute approximate surface area is 132 Å². The van der Waals surface area contributed by atoms with Crippen molar-refractivity contribution in [2.45, 2.75) is 19.8 Å². The lowest BCUT2D eigenvalue weighted by molar-refractivity contribution is 0.171. The molecular weight excluding hydrogens is 298 g/mol. The van der Waals surface area contributed by atoms with Gasteiger partial charge < -0.3 is 18.4 Å². The monoisotopic (exact) mass is 313 g/mol. The Kier molecular flexibility index (Phi) is 3.25. The first-order valence-corrected chi connectivity index (χ1v) is 7.41. The Bertz CT molecular complexity index is 837. The maximum Gasteiger partial charge on any atom is 0.270 e. The highest BCUT2D eigenvalue weighted by molar-refractivity contribution is 5.61. The second-order valence-corrected chi connectivity index (χ2v) is 5.54. The fourth-order valence-electron chi connectivity index (χ4n) is 2.28. The van der Waals surface area contributed by atoms with Gasteiger partial charge in [0.1, 0.15) is 19.0 Å². The van der Waals surface area contributed by atoms with Gasteiger partial charge in [0.2, 0.25) is 5.89 Å². The molecule has 0 radical (unpaired) electrons. The van der Waals surface area contributed by atoms with Crippen molar-refractivity contribution in [2.75, 3.05) is 13.2 Å². The van der Waals surface area contributed by atoms with Crippen molar-refractivity contribution in [1.82, 2.24) is 15.4 Å². The van der Waals surface area contributed by atoms with Gasteiger partial charge in [0.15, 0.2) is 17.2 Å². The maximum absolute atomic E-state index is 5.70. The van der Waals surface area contributed by atoms with Crippen LogP contribution in [0.5, 0.6) is 11.5 Å². The van der Waals surface area contributed by atoms with Crippen molar-refractivity contribution in [1.29, 1.82) is 0 Å². The van der Waals surface area contributed by atoms with E-state index in [2.05, 4.69) is 15.4 Å². The van der Waals surface area contributed by atoms with E-state index >= 15 is 0 Å². The van der Waals surface area contributed by atoms with Crippen LogP contribution in [0.1, 0.15) is 25.5 Å². The minimum atomic E-state index is 0.247. The quantitative estimate of drug-likeness (QED) is 0.733. The molecule has 0 saturated heterocycles. The van der Waals surface area contributed by atoms with Crippen LogP contribution in [0.15, 0.2) is 33.2 Å². The van der Waals surface area contributed by atoms with Crippen LogP contribution in [0, 0.1) is 0 Å². The second kappa shape index (κ2) is 5.42. The molecular formula is C16H15N3O4. The Balaban J connectivity index is 1.64. The number of nitrogens with zero attached hydrogens (tertiary/aromatic N) is 3. The number of aromatic nitrogens is 3. The van der Waals surface area contributed by atoms with Crippen molar-refractivity contribution in [3.8, 4) is 34.5 Å². The number of hydrogen-bond donors (Lipinski definition) is 0. The van der Waals surface area contributed by atoms with Crippen molar-refractivity contribution >= 4 is 0 Å². The third kappa shape index (κ3) is 2.54. The second-order valence-electron chi connectivity index (χ2n) is 5.54. The highest BCUT2D eigenvalue weighted by Crippen LogP contribution is 2.34. The molecule has 3 aromatic rings. The summed E-state index contributed by atoms with van der Waals surface area (Å²) in [6, 6.07) is 7.33. The van der Waals surface area contributed by atoms with Crippen LogP contribution in [-0.4, -0.2) is 28.6 Å². The summed E-state index contributed by atoms with van der Waals surface area (Å²) in [7, 11) is 0. The first-order valence-electron chi connectivity index (χ1n) is 7.41. The highest BCUT2D eigenvalue weighted by atomic mass is 16.6. The first kappa shape index (κ1) is 13.8. The minimum absolute atomic E-state index is 0.247. The highest BCUT2D eigenvalue weighted by Gasteiger charge is 2.18. The maximum atomic E-state index is 5.70. The summed E-state index contributed by atoms with van der Waals surface area (Å²) in [5, 5.41) is 12.1. The fourth-order valence-corrected chi connectivity index (χ4v) is 2.28. The molecule has 0 atom stereocenters. The van der Waals surface area contributed by atoms with Crippen molar-refractivity contribution < 1.29 is 18.4 Å². The number of benzene rings is 1. The normalized spacial score (nSPS) is 13.5. The largest absolute Gasteiger partial charge is 0.486 e. The van der Waals surface area contributed by atoms with E-state index in [0.717, 1.165) is 17.1 Å². The van der Waals surface area contributed by atoms with Gasteiger partial charge >= 0.3 is 0 Å². The van der Waals surface area contributed by atoms with Crippen molar-refractivity contribution in [3.05, 3.63) is 30.0 Å². The van der Waals surface area contributed by atoms with Gasteiger partial charge in [0, 0.05) is 17.5 Å². The van der Waals surface area contributed by atoms with E-state index in [1.54, 1.807) is 0 Å². The molecule has 7 heteroatoms. The third-order valence-electron chi connectivity index (χ3n) is 3.53. The van der Waals surface area contributed by atoms with Gasteiger partial charge in [-0.15, -0.1) is 10.2 Å². The van der Waals surface area contributed by atoms with E-state index in [9.17, 15) is 0 Å². The van der Waals surface area contributed by atoms with Gasteiger partial charge in [-0.3, -0.25) is 0 Å². The molecule has 1 aromatic carbocycles. The summed E-state index contributed by atoms with van der Waals surface area (Å²) in [5.74, 6) is 3.14. The van der Waals surface area contributed by atoms with Crippen LogP contribution in [0.4, 0.5) is 0 Å². The summed E-state index contributed by atoms with van der Waals surface area (Å²) >= 11 is 0. The van der Waals surface area contributed by atoms with Crippen LogP contribution in [0.3, 0.4) is 0 Å². The van der Waals surface area contributed by atoms with Gasteiger partial charge in [-0.1, -0.05) is 19.0 Å². The van der Waals surface area contributed by atoms with Crippen LogP contribution < -0.4 is 9.47 Å². The zero-order valence-electron chi connectivity index (χ0n) is 12.8. The van der Waals surface area contributed by atoms with E-state index in [1.807, 2.05) is 38.1 Å². The summed E-state index contributed by atoms with van der Waals surface area (Å²) < 4.78 is 22.0. The Morgan fingerprint density at radius 1 is 0.957 bits per heavy atom. The molecule has 23 heavy (non-hydrogen) atoms. The van der Waals surface area contributed by atoms with Gasteiger partial charge in [-0.25, -0.2) is 0 Å². The number of fused-ring (bicyclic) bond motifs is 1. The lowest BCUT2D eigenvalue weighted by Crippen LogP contribution is -2.15. The molecule has 0 amide bonds. The predicted octanol–water partition coefficient (Wildman–Crippen LogP) is 3.29. The van der Waals surface area contributed by atoms with Gasteiger partial charge in [-0.2, -0.15) is 0 Å². The third-order valence-corrected chi connectivity index (χ3v) is 3.53. The molecule has 3 heterocycles. The summed E-state index contributed by atoms with van der Waals surface area (Å²) in [6.07, 6.45) is 0. The molecule has 0 unspecified atom stereocenters. The van der Waals surface area contributed by atoms with Gasteiger partial charge in [0.05, 0.1) is 0 Å². The van der Waals surface area contributed by atoms with Crippen LogP contribution >= 0.6 is 0 Å². The van der Waals surface area contributed by atoms with Crippen molar-refractivity contribution in [2.24, 2.45) is 0 Å². The lowest BCUT2D eigenvalue weighted by atomic mass is 10.1. The Morgan fingerprint density at radius 2 is 1.74 bits per heavy atom. The molecule has 4 rings (SSSR count). The molecule has 0 fully saturated rings. The van der Waals surface area contributed by atoms with E-state index in [0.29, 0.717) is 36.4 Å². The zero-order chi connectivity index (χ0) is 15.8.